The highest BCUT2D eigenvalue weighted by molar-refractivity contribution is 6.11. The molecule has 11 aromatic rings. The molecule has 7 nitrogen and oxygen atoms in total. The summed E-state index contributed by atoms with van der Waals surface area (Å²) in [4.78, 5) is 24.7. The lowest BCUT2D eigenvalue weighted by Crippen LogP contribution is -2.03. The zero-order valence-electron chi connectivity index (χ0n) is 34.8. The number of hydrogen-bond donors (Lipinski definition) is 0. The summed E-state index contributed by atoms with van der Waals surface area (Å²) in [5.74, 6) is 1.19. The van der Waals surface area contributed by atoms with Crippen LogP contribution in [0.4, 0.5) is 5.69 Å². The normalized spacial score (nSPS) is 11.0. The second-order valence-electron chi connectivity index (χ2n) is 15.7. The van der Waals surface area contributed by atoms with Crippen molar-refractivity contribution in [3.8, 4) is 90.7 Å². The molecule has 0 spiro atoms. The van der Waals surface area contributed by atoms with Gasteiger partial charge in [0.05, 0.1) is 52.1 Å². The Kier molecular flexibility index (Phi) is 9.82. The Bertz CT molecular complexity index is 3520. The number of nitriles is 1. The maximum atomic E-state index is 9.81. The highest BCUT2D eigenvalue weighted by Gasteiger charge is 2.21. The molecule has 0 aliphatic carbocycles. The van der Waals surface area contributed by atoms with Gasteiger partial charge in [-0.25, -0.2) is 24.8 Å². The van der Waals surface area contributed by atoms with Crippen LogP contribution in [0.15, 0.2) is 212 Å². The van der Waals surface area contributed by atoms with E-state index in [1.165, 1.54) is 0 Å². The Hall–Kier alpha value is -9.30. The lowest BCUT2D eigenvalue weighted by Gasteiger charge is -2.17. The van der Waals surface area contributed by atoms with E-state index < -0.39 is 0 Å². The molecule has 65 heavy (non-hydrogen) atoms. The number of nitrogens with zero attached hydrogens (tertiary/aromatic N) is 7. The van der Waals surface area contributed by atoms with Crippen molar-refractivity contribution in [2.45, 2.75) is 0 Å². The predicted octanol–water partition coefficient (Wildman–Crippen LogP) is 14.5. The van der Waals surface area contributed by atoms with Crippen LogP contribution in [0, 0.1) is 17.9 Å². The fourth-order valence-corrected chi connectivity index (χ4v) is 8.54. The topological polar surface area (TPSA) is 84.6 Å². The molecular formula is C58H35N7. The molecule has 0 aliphatic rings. The number of para-hydroxylation sites is 1. The van der Waals surface area contributed by atoms with Gasteiger partial charge in [0.2, 0.25) is 0 Å². The van der Waals surface area contributed by atoms with Crippen LogP contribution in [0.1, 0.15) is 5.56 Å². The van der Waals surface area contributed by atoms with E-state index in [9.17, 15) is 5.26 Å². The molecule has 0 aliphatic heterocycles. The molecule has 3 aromatic heterocycles. The van der Waals surface area contributed by atoms with E-state index in [1.54, 1.807) is 6.07 Å². The smallest absolute Gasteiger partial charge is 0.189 e. The van der Waals surface area contributed by atoms with Gasteiger partial charge in [-0.05, 0) is 71.8 Å². The third-order valence-electron chi connectivity index (χ3n) is 11.6. The number of fused-ring (bicyclic) bond motifs is 3. The van der Waals surface area contributed by atoms with E-state index >= 15 is 0 Å². The van der Waals surface area contributed by atoms with Crippen molar-refractivity contribution in [1.29, 1.82) is 5.26 Å². The minimum absolute atomic E-state index is 0.425. The summed E-state index contributed by atoms with van der Waals surface area (Å²) in [6.45, 7) is 7.69. The van der Waals surface area contributed by atoms with E-state index in [-0.39, 0.29) is 0 Å². The molecule has 0 amide bonds. The van der Waals surface area contributed by atoms with Crippen LogP contribution >= 0.6 is 0 Å². The Morgan fingerprint density at radius 1 is 0.400 bits per heavy atom. The molecule has 0 N–H and O–H groups in total. The lowest BCUT2D eigenvalue weighted by molar-refractivity contribution is 1.13. The number of rotatable bonds is 8. The molecule has 11 rings (SSSR count). The van der Waals surface area contributed by atoms with E-state index in [2.05, 4.69) is 125 Å². The summed E-state index contributed by atoms with van der Waals surface area (Å²) >= 11 is 0. The van der Waals surface area contributed by atoms with Crippen LogP contribution < -0.4 is 0 Å². The maximum absolute atomic E-state index is 9.81. The summed E-state index contributed by atoms with van der Waals surface area (Å²) in [5.41, 5.74) is 14.2. The number of aromatic nitrogens is 5. The Labute approximate surface area is 375 Å². The van der Waals surface area contributed by atoms with Gasteiger partial charge in [-0.2, -0.15) is 5.26 Å². The average molecular weight is 830 g/mol. The van der Waals surface area contributed by atoms with Gasteiger partial charge in [-0.1, -0.05) is 152 Å². The highest BCUT2D eigenvalue weighted by atomic mass is 15.0. The van der Waals surface area contributed by atoms with E-state index in [1.807, 2.05) is 97.1 Å². The minimum atomic E-state index is 0.425. The van der Waals surface area contributed by atoms with Crippen molar-refractivity contribution < 1.29 is 0 Å². The van der Waals surface area contributed by atoms with Crippen LogP contribution in [0.5, 0.6) is 0 Å². The molecule has 0 saturated carbocycles. The van der Waals surface area contributed by atoms with Gasteiger partial charge in [0.1, 0.15) is 0 Å². The lowest BCUT2D eigenvalue weighted by atomic mass is 10.00. The minimum Gasteiger partial charge on any atom is -0.309 e. The van der Waals surface area contributed by atoms with Crippen molar-refractivity contribution in [2.24, 2.45) is 0 Å². The second kappa shape index (κ2) is 16.5. The average Bonchev–Trinajstić information content (AvgIpc) is 3.72. The summed E-state index contributed by atoms with van der Waals surface area (Å²) in [6.07, 6.45) is 0. The van der Waals surface area contributed by atoms with Crippen molar-refractivity contribution in [2.75, 3.05) is 0 Å². The van der Waals surface area contributed by atoms with E-state index in [4.69, 9.17) is 26.5 Å². The highest BCUT2D eigenvalue weighted by Crippen LogP contribution is 2.41. The molecule has 3 heterocycles. The van der Waals surface area contributed by atoms with E-state index in [0.717, 1.165) is 94.8 Å². The molecule has 0 fully saturated rings. The van der Waals surface area contributed by atoms with E-state index in [0.29, 0.717) is 22.9 Å². The predicted molar refractivity (Wildman–Crippen MR) is 261 cm³/mol. The molecule has 0 radical (unpaired) electrons. The maximum Gasteiger partial charge on any atom is 0.189 e. The third-order valence-corrected chi connectivity index (χ3v) is 11.6. The zero-order valence-corrected chi connectivity index (χ0v) is 34.8. The van der Waals surface area contributed by atoms with Gasteiger partial charge < -0.3 is 4.57 Å². The molecule has 0 unspecified atom stereocenters. The first kappa shape index (κ1) is 38.6. The standard InChI is InChI=1S/C58H35N7/c1-60-46-31-38(37-59)30-45(32-46)43-26-28-55-48(33-43)47-24-14-15-25-54(47)65(55)56-29-27-44(53-36-50(39-16-6-2-7-17-39)61-57(62-53)42-22-12-5-13-23-42)34-49(56)58-63-51(40-18-8-3-9-19-40)35-52(64-58)41-20-10-4-11-21-41/h2-36H. The van der Waals surface area contributed by atoms with Crippen molar-refractivity contribution >= 4 is 27.5 Å². The van der Waals surface area contributed by atoms with Crippen LogP contribution in [-0.4, -0.2) is 24.5 Å². The largest absolute Gasteiger partial charge is 0.309 e. The molecule has 0 bridgehead atoms. The quantitative estimate of drug-likeness (QED) is 0.142. The first-order chi connectivity index (χ1) is 32.1. The van der Waals surface area contributed by atoms with Gasteiger partial charge in [0.15, 0.2) is 17.3 Å². The van der Waals surface area contributed by atoms with Gasteiger partial charge in [-0.3, -0.25) is 0 Å². The SMILES string of the molecule is [C-]#[N+]c1cc(C#N)cc(-c2ccc3c(c2)c2ccccc2n3-c2ccc(-c3cc(-c4ccccc4)nc(-c4ccccc4)n3)cc2-c2nc(-c3ccccc3)cc(-c3ccccc3)n2)c1. The monoisotopic (exact) mass is 829 g/mol. The molecule has 302 valence electrons. The van der Waals surface area contributed by atoms with Crippen molar-refractivity contribution in [3.05, 3.63) is 229 Å². The van der Waals surface area contributed by atoms with Crippen molar-refractivity contribution in [1.82, 2.24) is 24.5 Å². The third kappa shape index (κ3) is 7.36. The van der Waals surface area contributed by atoms with Crippen LogP contribution in [0.3, 0.4) is 0 Å². The van der Waals surface area contributed by atoms with Crippen molar-refractivity contribution in [3.63, 3.8) is 0 Å². The molecule has 8 aromatic carbocycles. The first-order valence-electron chi connectivity index (χ1n) is 21.2. The summed E-state index contributed by atoms with van der Waals surface area (Å²) in [6, 6.07) is 73.5. The fraction of sp³-hybridized carbons (Fsp3) is 0. The van der Waals surface area contributed by atoms with Crippen LogP contribution in [-0.2, 0) is 0 Å². The van der Waals surface area contributed by atoms with Crippen LogP contribution in [0.2, 0.25) is 0 Å². The number of hydrogen-bond acceptors (Lipinski definition) is 5. The molecule has 0 atom stereocenters. The molecule has 0 saturated heterocycles. The second-order valence-corrected chi connectivity index (χ2v) is 15.7. The summed E-state index contributed by atoms with van der Waals surface area (Å²) in [5, 5.41) is 11.9. The summed E-state index contributed by atoms with van der Waals surface area (Å²) < 4.78 is 2.29. The van der Waals surface area contributed by atoms with Gasteiger partial charge in [0.25, 0.3) is 0 Å². The Morgan fingerprint density at radius 3 is 1.49 bits per heavy atom. The first-order valence-corrected chi connectivity index (χ1v) is 21.2. The zero-order chi connectivity index (χ0) is 43.7. The Morgan fingerprint density at radius 2 is 0.908 bits per heavy atom. The summed E-state index contributed by atoms with van der Waals surface area (Å²) in [7, 11) is 0. The molecular weight excluding hydrogens is 795 g/mol. The fourth-order valence-electron chi connectivity index (χ4n) is 8.54. The van der Waals surface area contributed by atoms with Gasteiger partial charge >= 0.3 is 0 Å². The van der Waals surface area contributed by atoms with Gasteiger partial charge in [-0.15, -0.1) is 0 Å². The molecule has 7 heteroatoms. The Balaban J connectivity index is 1.19. The van der Waals surface area contributed by atoms with Crippen LogP contribution in [0.25, 0.3) is 111 Å². The van der Waals surface area contributed by atoms with Gasteiger partial charge in [0, 0.05) is 49.7 Å². The number of benzene rings is 8.